The molecule has 0 aromatic heterocycles. The third-order valence-corrected chi connectivity index (χ3v) is 8.14. The maximum Gasteiger partial charge on any atom is 0.352 e. The van der Waals surface area contributed by atoms with Gasteiger partial charge in [0.1, 0.15) is 23.7 Å². The lowest BCUT2D eigenvalue weighted by atomic mass is 9.77. The van der Waals surface area contributed by atoms with Crippen LogP contribution in [0.15, 0.2) is 40.0 Å². The van der Waals surface area contributed by atoms with Crippen molar-refractivity contribution < 1.29 is 29.0 Å². The van der Waals surface area contributed by atoms with Gasteiger partial charge >= 0.3 is 11.9 Å². The fourth-order valence-electron chi connectivity index (χ4n) is 4.66. The van der Waals surface area contributed by atoms with Crippen LogP contribution in [0, 0.1) is 0 Å². The molecule has 1 aromatic rings. The zero-order chi connectivity index (χ0) is 23.0. The number of fused-ring (bicyclic) bond motifs is 1. The summed E-state index contributed by atoms with van der Waals surface area (Å²) >= 11 is 4.78. The highest BCUT2D eigenvalue weighted by molar-refractivity contribution is 9.10. The Morgan fingerprint density at radius 2 is 1.91 bits per heavy atom. The zero-order valence-electron chi connectivity index (χ0n) is 17.4. The van der Waals surface area contributed by atoms with Crippen molar-refractivity contribution in [3.63, 3.8) is 0 Å². The van der Waals surface area contributed by atoms with Crippen molar-refractivity contribution in [2.45, 2.75) is 49.4 Å². The van der Waals surface area contributed by atoms with Crippen molar-refractivity contribution in [1.29, 1.82) is 0 Å². The number of rotatable bonds is 6. The second-order valence-corrected chi connectivity index (χ2v) is 10.2. The Morgan fingerprint density at radius 1 is 1.25 bits per heavy atom. The van der Waals surface area contributed by atoms with Crippen molar-refractivity contribution >= 4 is 51.4 Å². The highest BCUT2D eigenvalue weighted by Crippen LogP contribution is 2.44. The van der Waals surface area contributed by atoms with Crippen LogP contribution in [-0.2, 0) is 29.3 Å². The number of carboxylic acids is 1. The quantitative estimate of drug-likeness (QED) is 0.435. The van der Waals surface area contributed by atoms with Crippen molar-refractivity contribution in [3.8, 4) is 0 Å². The number of ether oxygens (including phenoxy) is 1. The Morgan fingerprint density at radius 3 is 2.50 bits per heavy atom. The van der Waals surface area contributed by atoms with Gasteiger partial charge in [-0.1, -0.05) is 40.9 Å². The van der Waals surface area contributed by atoms with Crippen molar-refractivity contribution in [3.05, 3.63) is 45.6 Å². The molecule has 2 heterocycles. The number of β-lactam (4-membered cyclic amide) rings is 1. The third-order valence-electron chi connectivity index (χ3n) is 6.27. The maximum atomic E-state index is 13.4. The average Bonchev–Trinajstić information content (AvgIpc) is 3.26. The molecule has 2 atom stereocenters. The molecule has 1 aliphatic carbocycles. The second kappa shape index (κ2) is 8.90. The monoisotopic (exact) mass is 522 g/mol. The topological polar surface area (TPSA) is 113 Å². The van der Waals surface area contributed by atoms with E-state index in [4.69, 9.17) is 4.74 Å². The highest BCUT2D eigenvalue weighted by Gasteiger charge is 2.56. The number of aliphatic carboxylic acids is 1. The van der Waals surface area contributed by atoms with Gasteiger partial charge in [-0.2, -0.15) is 0 Å². The molecule has 8 nitrogen and oxygen atoms in total. The Kier molecular flexibility index (Phi) is 6.35. The number of carbonyl (C=O) groups is 4. The van der Waals surface area contributed by atoms with Gasteiger partial charge in [0.05, 0.1) is 5.41 Å². The molecule has 2 fully saturated rings. The largest absolute Gasteiger partial charge is 0.477 e. The van der Waals surface area contributed by atoms with E-state index < -0.39 is 34.7 Å². The molecule has 32 heavy (non-hydrogen) atoms. The van der Waals surface area contributed by atoms with E-state index >= 15 is 0 Å². The van der Waals surface area contributed by atoms with Gasteiger partial charge in [0.2, 0.25) is 5.91 Å². The third kappa shape index (κ3) is 3.94. The van der Waals surface area contributed by atoms with E-state index in [1.807, 2.05) is 24.3 Å². The molecule has 1 aromatic carbocycles. The van der Waals surface area contributed by atoms with Crippen LogP contribution in [-0.4, -0.2) is 57.5 Å². The lowest BCUT2D eigenvalue weighted by Crippen LogP contribution is -2.71. The SMILES string of the molecule is CC(=O)OCC1=C(C(=O)O)N2C(=O)[C@@H](NC(=O)C3(c4ccc(Br)cc4)CCCC3)[C@H]2SC1. The molecule has 2 aliphatic heterocycles. The molecule has 0 unspecified atom stereocenters. The predicted octanol–water partition coefficient (Wildman–Crippen LogP) is 2.56. The number of nitrogens with zero attached hydrogens (tertiary/aromatic N) is 1. The number of thioether (sulfide) groups is 1. The van der Waals surface area contributed by atoms with Crippen LogP contribution in [0.5, 0.6) is 0 Å². The first-order valence-electron chi connectivity index (χ1n) is 10.3. The van der Waals surface area contributed by atoms with Gasteiger partial charge in [0.25, 0.3) is 5.91 Å². The Balaban J connectivity index is 1.54. The molecule has 10 heteroatoms. The number of carbonyl (C=O) groups excluding carboxylic acids is 3. The van der Waals surface area contributed by atoms with Crippen LogP contribution in [0.1, 0.15) is 38.2 Å². The maximum absolute atomic E-state index is 13.4. The Bertz CT molecular complexity index is 1000. The molecule has 0 bridgehead atoms. The van der Waals surface area contributed by atoms with Crippen LogP contribution in [0.3, 0.4) is 0 Å². The highest BCUT2D eigenvalue weighted by atomic mass is 79.9. The van der Waals surface area contributed by atoms with Crippen molar-refractivity contribution in [2.24, 2.45) is 0 Å². The lowest BCUT2D eigenvalue weighted by molar-refractivity contribution is -0.151. The Hall–Kier alpha value is -2.33. The van der Waals surface area contributed by atoms with E-state index in [1.165, 1.54) is 23.6 Å². The normalized spacial score (nSPS) is 23.9. The van der Waals surface area contributed by atoms with E-state index in [2.05, 4.69) is 21.2 Å². The van der Waals surface area contributed by atoms with E-state index in [1.54, 1.807) is 0 Å². The van der Waals surface area contributed by atoms with Gasteiger partial charge in [-0.3, -0.25) is 19.3 Å². The predicted molar refractivity (Wildman–Crippen MR) is 121 cm³/mol. The van der Waals surface area contributed by atoms with Gasteiger partial charge in [0.15, 0.2) is 0 Å². The minimum Gasteiger partial charge on any atom is -0.477 e. The molecule has 0 spiro atoms. The summed E-state index contributed by atoms with van der Waals surface area (Å²) in [5.41, 5.74) is 0.445. The van der Waals surface area contributed by atoms with Crippen LogP contribution < -0.4 is 5.32 Å². The minimum absolute atomic E-state index is 0.158. The summed E-state index contributed by atoms with van der Waals surface area (Å²) in [6.07, 6.45) is 3.26. The molecule has 0 radical (unpaired) electrons. The van der Waals surface area contributed by atoms with E-state index in [0.717, 1.165) is 22.9 Å². The van der Waals surface area contributed by atoms with Crippen LogP contribution in [0.2, 0.25) is 0 Å². The number of amides is 2. The van der Waals surface area contributed by atoms with Gasteiger partial charge in [-0.25, -0.2) is 4.79 Å². The van der Waals surface area contributed by atoms with Gasteiger partial charge in [-0.05, 0) is 30.5 Å². The van der Waals surface area contributed by atoms with Crippen LogP contribution in [0.25, 0.3) is 0 Å². The van der Waals surface area contributed by atoms with E-state index in [9.17, 15) is 24.3 Å². The van der Waals surface area contributed by atoms with Crippen molar-refractivity contribution in [2.75, 3.05) is 12.4 Å². The summed E-state index contributed by atoms with van der Waals surface area (Å²) in [5.74, 6) is -2.13. The minimum atomic E-state index is -1.25. The molecule has 4 rings (SSSR count). The summed E-state index contributed by atoms with van der Waals surface area (Å²) in [6, 6.07) is 6.90. The molecular formula is C22H23BrN2O6S. The summed E-state index contributed by atoms with van der Waals surface area (Å²) in [4.78, 5) is 50.5. The van der Waals surface area contributed by atoms with Crippen LogP contribution >= 0.6 is 27.7 Å². The standard InChI is InChI=1S/C22H23BrN2O6S/c1-12(26)31-10-13-11-32-19-16(18(27)25(19)17(13)20(28)29)24-21(30)22(8-2-3-9-22)14-4-6-15(23)7-5-14/h4-7,16,19H,2-3,8-11H2,1H3,(H,24,30)(H,28,29)/t16-,19-/m1/s1. The number of hydrogen-bond acceptors (Lipinski definition) is 6. The summed E-state index contributed by atoms with van der Waals surface area (Å²) in [6.45, 7) is 1.06. The number of carboxylic acid groups (broad SMARTS) is 1. The van der Waals surface area contributed by atoms with Gasteiger partial charge in [-0.15, -0.1) is 11.8 Å². The number of nitrogens with one attached hydrogen (secondary N) is 1. The summed E-state index contributed by atoms with van der Waals surface area (Å²) in [7, 11) is 0. The van der Waals surface area contributed by atoms with Crippen molar-refractivity contribution in [1.82, 2.24) is 10.2 Å². The van der Waals surface area contributed by atoms with E-state index in [-0.39, 0.29) is 18.2 Å². The number of halogens is 1. The first-order valence-corrected chi connectivity index (χ1v) is 12.2. The fourth-order valence-corrected chi connectivity index (χ4v) is 6.25. The molecule has 2 amide bonds. The molecule has 1 saturated carbocycles. The first kappa shape index (κ1) is 22.8. The van der Waals surface area contributed by atoms with Gasteiger partial charge in [0, 0.05) is 22.7 Å². The Labute approximate surface area is 197 Å². The first-order chi connectivity index (χ1) is 15.2. The average molecular weight is 523 g/mol. The molecule has 3 aliphatic rings. The zero-order valence-corrected chi connectivity index (χ0v) is 19.8. The molecule has 170 valence electrons. The van der Waals surface area contributed by atoms with E-state index in [0.29, 0.717) is 24.2 Å². The lowest BCUT2D eigenvalue weighted by Gasteiger charge is -2.50. The number of esters is 1. The second-order valence-electron chi connectivity index (χ2n) is 8.19. The number of hydrogen-bond donors (Lipinski definition) is 2. The summed E-state index contributed by atoms with van der Waals surface area (Å²) in [5, 5.41) is 12.1. The number of benzene rings is 1. The van der Waals surface area contributed by atoms with Gasteiger partial charge < -0.3 is 15.2 Å². The fraction of sp³-hybridized carbons (Fsp3) is 0.455. The van der Waals surface area contributed by atoms with Crippen LogP contribution in [0.4, 0.5) is 0 Å². The summed E-state index contributed by atoms with van der Waals surface area (Å²) < 4.78 is 5.88. The smallest absolute Gasteiger partial charge is 0.352 e. The molecular weight excluding hydrogens is 500 g/mol. The molecule has 1 saturated heterocycles. The molecule has 2 N–H and O–H groups in total.